The first kappa shape index (κ1) is 33.2. The topological polar surface area (TPSA) is 83.7 Å². The number of benzene rings is 3. The molecule has 4 heterocycles. The van der Waals surface area contributed by atoms with Gasteiger partial charge in [-0.15, -0.1) is 11.3 Å². The normalized spacial score (nSPS) is 18.9. The van der Waals surface area contributed by atoms with Gasteiger partial charge in [-0.2, -0.15) is 5.10 Å². The summed E-state index contributed by atoms with van der Waals surface area (Å²) in [5.41, 5.74) is 6.66. The van der Waals surface area contributed by atoms with Crippen molar-refractivity contribution in [2.75, 3.05) is 33.2 Å². The molecule has 8 nitrogen and oxygen atoms in total. The van der Waals surface area contributed by atoms with Gasteiger partial charge in [-0.1, -0.05) is 23.7 Å². The molecule has 3 aromatic carbocycles. The van der Waals surface area contributed by atoms with Gasteiger partial charge in [0, 0.05) is 52.7 Å². The molecule has 2 fully saturated rings. The number of likely N-dealkylation sites (tertiary alicyclic amines) is 2. The Morgan fingerprint density at radius 2 is 1.75 bits per heavy atom. The van der Waals surface area contributed by atoms with E-state index in [0.717, 1.165) is 68.9 Å². The van der Waals surface area contributed by atoms with Crippen LogP contribution < -0.4 is 0 Å². The maximum atomic E-state index is 12.7. The number of halogens is 1. The molecule has 2 aromatic heterocycles. The number of piperidine rings is 1. The average molecular weight is 686 g/mol. The Bertz CT molecular complexity index is 1990. The molecule has 0 bridgehead atoms. The highest BCUT2D eigenvalue weighted by atomic mass is 35.5. The predicted molar refractivity (Wildman–Crippen MR) is 195 cm³/mol. The Balaban J connectivity index is 1.28. The van der Waals surface area contributed by atoms with Crippen molar-refractivity contribution in [1.82, 2.24) is 24.6 Å². The van der Waals surface area contributed by atoms with E-state index in [1.807, 2.05) is 69.8 Å². The molecule has 7 rings (SSSR count). The molecule has 252 valence electrons. The Morgan fingerprint density at radius 3 is 2.38 bits per heavy atom. The molecule has 5 aromatic rings. The zero-order valence-corrected chi connectivity index (χ0v) is 30.2. The van der Waals surface area contributed by atoms with Crippen molar-refractivity contribution in [3.63, 3.8) is 0 Å². The van der Waals surface area contributed by atoms with Crippen LogP contribution in [0.2, 0.25) is 5.02 Å². The summed E-state index contributed by atoms with van der Waals surface area (Å²) >= 11 is 7.88. The zero-order valence-electron chi connectivity index (χ0n) is 28.6. The van der Waals surface area contributed by atoms with Crippen LogP contribution in [0.1, 0.15) is 68.9 Å². The molecule has 2 saturated heterocycles. The summed E-state index contributed by atoms with van der Waals surface area (Å²) in [7, 11) is 4.27. The number of fused-ring (bicyclic) bond motifs is 2. The van der Waals surface area contributed by atoms with Crippen LogP contribution in [0, 0.1) is 6.92 Å². The predicted octanol–water partition coefficient (Wildman–Crippen LogP) is 8.30. The van der Waals surface area contributed by atoms with E-state index in [9.17, 15) is 9.90 Å². The third-order valence-corrected chi connectivity index (χ3v) is 11.4. The van der Waals surface area contributed by atoms with Crippen molar-refractivity contribution in [3.8, 4) is 21.7 Å². The first-order chi connectivity index (χ1) is 22.9. The van der Waals surface area contributed by atoms with Crippen LogP contribution in [-0.2, 0) is 16.6 Å². The lowest BCUT2D eigenvalue weighted by atomic mass is 9.90. The van der Waals surface area contributed by atoms with Gasteiger partial charge in [0.15, 0.2) is 6.10 Å². The molecule has 10 heteroatoms. The molecular weight excluding hydrogens is 642 g/mol. The van der Waals surface area contributed by atoms with Crippen LogP contribution in [0.3, 0.4) is 0 Å². The fourth-order valence-electron chi connectivity index (χ4n) is 7.38. The van der Waals surface area contributed by atoms with E-state index in [4.69, 9.17) is 26.4 Å². The van der Waals surface area contributed by atoms with Crippen molar-refractivity contribution in [1.29, 1.82) is 0 Å². The second-order valence-corrected chi connectivity index (χ2v) is 16.0. The number of hydrogen-bond donors (Lipinski definition) is 1. The molecule has 0 amide bonds. The van der Waals surface area contributed by atoms with E-state index >= 15 is 0 Å². The lowest BCUT2D eigenvalue weighted by Crippen LogP contribution is -2.52. The lowest BCUT2D eigenvalue weighted by molar-refractivity contribution is -0.160. The van der Waals surface area contributed by atoms with Crippen molar-refractivity contribution >= 4 is 50.0 Å². The van der Waals surface area contributed by atoms with Crippen LogP contribution in [0.4, 0.5) is 0 Å². The highest BCUT2D eigenvalue weighted by molar-refractivity contribution is 7.22. The van der Waals surface area contributed by atoms with E-state index in [1.165, 1.54) is 30.6 Å². The minimum Gasteiger partial charge on any atom is -0.479 e. The van der Waals surface area contributed by atoms with Gasteiger partial charge in [0.25, 0.3) is 0 Å². The fourth-order valence-corrected chi connectivity index (χ4v) is 8.62. The Kier molecular flexibility index (Phi) is 8.87. The first-order valence-corrected chi connectivity index (χ1v) is 18.1. The first-order valence-electron chi connectivity index (χ1n) is 16.9. The number of rotatable bonds is 8. The number of thiazole rings is 1. The standard InChI is InChI=1S/C38H44ClN5O3S/c1-22-19-29-35(32(23-7-10-26(39)11-8-23)31(22)34(37(45)46)47-38(2,3)4)48-36(40-29)25-9-12-30-28(20-25)33(41-43(30)6)24-13-17-44(18-14-24)21-27-15-16-42(27)5/h7-12,19-20,24,27,34H,13-18,21H2,1-6H3,(H,45,46)/t27?,34-/m0/s1. The number of carboxylic acids is 1. The number of hydrogen-bond acceptors (Lipinski definition) is 7. The molecular formula is C38H44ClN5O3S. The molecule has 1 N–H and O–H groups in total. The van der Waals surface area contributed by atoms with Gasteiger partial charge in [-0.25, -0.2) is 9.78 Å². The number of likely N-dealkylation sites (N-methyl/N-ethyl adjacent to an activating group) is 1. The molecule has 2 atom stereocenters. The van der Waals surface area contributed by atoms with Crippen LogP contribution in [0.5, 0.6) is 0 Å². The number of nitrogens with zero attached hydrogens (tertiary/aromatic N) is 5. The summed E-state index contributed by atoms with van der Waals surface area (Å²) in [6.45, 7) is 12.2. The second-order valence-electron chi connectivity index (χ2n) is 14.5. The highest BCUT2D eigenvalue weighted by Crippen LogP contribution is 2.45. The Labute approximate surface area is 291 Å². The summed E-state index contributed by atoms with van der Waals surface area (Å²) in [6, 6.07) is 16.8. The van der Waals surface area contributed by atoms with Gasteiger partial charge in [0.2, 0.25) is 0 Å². The van der Waals surface area contributed by atoms with Crippen molar-refractivity contribution in [3.05, 3.63) is 70.4 Å². The second kappa shape index (κ2) is 12.8. The highest BCUT2D eigenvalue weighted by Gasteiger charge is 2.33. The van der Waals surface area contributed by atoms with Gasteiger partial charge in [0.05, 0.1) is 27.0 Å². The van der Waals surface area contributed by atoms with E-state index in [1.54, 1.807) is 11.3 Å². The van der Waals surface area contributed by atoms with Gasteiger partial charge in [-0.3, -0.25) is 4.68 Å². The largest absolute Gasteiger partial charge is 0.479 e. The molecule has 0 spiro atoms. The van der Waals surface area contributed by atoms with Gasteiger partial charge in [-0.05, 0) is 121 Å². The number of aryl methyl sites for hydroxylation is 2. The quantitative estimate of drug-likeness (QED) is 0.176. The Hall–Kier alpha value is -3.34. The summed E-state index contributed by atoms with van der Waals surface area (Å²) < 4.78 is 9.13. The summed E-state index contributed by atoms with van der Waals surface area (Å²) in [6.07, 6.45) is 2.38. The average Bonchev–Trinajstić information content (AvgIpc) is 3.62. The Morgan fingerprint density at radius 1 is 1.04 bits per heavy atom. The summed E-state index contributed by atoms with van der Waals surface area (Å²) in [5, 5.41) is 18.2. The molecule has 0 radical (unpaired) electrons. The van der Waals surface area contributed by atoms with Crippen LogP contribution in [0.15, 0.2) is 48.5 Å². The van der Waals surface area contributed by atoms with Gasteiger partial charge < -0.3 is 19.6 Å². The maximum Gasteiger partial charge on any atom is 0.337 e. The molecule has 2 aliphatic rings. The third kappa shape index (κ3) is 6.39. The molecule has 2 aliphatic heterocycles. The summed E-state index contributed by atoms with van der Waals surface area (Å²) in [4.78, 5) is 23.0. The van der Waals surface area contributed by atoms with E-state index in [0.29, 0.717) is 22.5 Å². The number of aliphatic carboxylic acids is 1. The smallest absolute Gasteiger partial charge is 0.337 e. The monoisotopic (exact) mass is 685 g/mol. The van der Waals surface area contributed by atoms with E-state index < -0.39 is 17.7 Å². The third-order valence-electron chi connectivity index (χ3n) is 10.0. The van der Waals surface area contributed by atoms with Crippen LogP contribution in [0.25, 0.3) is 42.8 Å². The fraction of sp³-hybridized carbons (Fsp3) is 0.447. The van der Waals surface area contributed by atoms with E-state index in [-0.39, 0.29) is 0 Å². The molecule has 0 saturated carbocycles. The summed E-state index contributed by atoms with van der Waals surface area (Å²) in [5.74, 6) is -0.602. The number of ether oxygens (including phenoxy) is 1. The molecule has 48 heavy (non-hydrogen) atoms. The van der Waals surface area contributed by atoms with Crippen LogP contribution >= 0.6 is 22.9 Å². The van der Waals surface area contributed by atoms with Crippen molar-refractivity contribution in [2.24, 2.45) is 7.05 Å². The number of aromatic nitrogens is 3. The van der Waals surface area contributed by atoms with Crippen molar-refractivity contribution < 1.29 is 14.6 Å². The van der Waals surface area contributed by atoms with Crippen LogP contribution in [-0.4, -0.2) is 80.5 Å². The van der Waals surface area contributed by atoms with Crippen molar-refractivity contribution in [2.45, 2.75) is 70.6 Å². The molecule has 0 aliphatic carbocycles. The minimum absolute atomic E-state index is 0.423. The number of carboxylic acid groups (broad SMARTS) is 1. The SMILES string of the molecule is Cc1cc2nc(-c3ccc4c(c3)c(C3CCN(CC5CCN5C)CC3)nn4C)sc2c(-c2ccc(Cl)cc2)c1[C@H](OC(C)(C)C)C(=O)O. The lowest BCUT2D eigenvalue weighted by Gasteiger charge is -2.42. The number of carbonyl (C=O) groups is 1. The maximum absolute atomic E-state index is 12.7. The van der Waals surface area contributed by atoms with Gasteiger partial charge >= 0.3 is 5.97 Å². The zero-order chi connectivity index (χ0) is 33.9. The molecule has 1 unspecified atom stereocenters. The van der Waals surface area contributed by atoms with E-state index in [2.05, 4.69) is 35.0 Å². The minimum atomic E-state index is -1.15. The van der Waals surface area contributed by atoms with Gasteiger partial charge in [0.1, 0.15) is 5.01 Å².